The van der Waals surface area contributed by atoms with Crippen LogP contribution in [0.25, 0.3) is 10.4 Å². The Morgan fingerprint density at radius 2 is 1.47 bits per heavy atom. The fourth-order valence-electron chi connectivity index (χ4n) is 3.73. The highest BCUT2D eigenvalue weighted by molar-refractivity contribution is 6.16. The Hall–Kier alpha value is -4.98. The van der Waals surface area contributed by atoms with Gasteiger partial charge in [-0.1, -0.05) is 17.2 Å². The van der Waals surface area contributed by atoms with Gasteiger partial charge in [-0.05, 0) is 43.3 Å². The first-order valence-electron chi connectivity index (χ1n) is 11.3. The highest BCUT2D eigenvalue weighted by atomic mass is 16.4. The van der Waals surface area contributed by atoms with E-state index in [1.54, 1.807) is 0 Å². The average molecular weight is 532 g/mol. The van der Waals surface area contributed by atoms with Gasteiger partial charge in [0.1, 0.15) is 18.5 Å². The first-order valence-corrected chi connectivity index (χ1v) is 11.3. The number of urea groups is 1. The maximum atomic E-state index is 12.9. The smallest absolute Gasteiger partial charge is 0.335 e. The molecule has 0 radical (unpaired) electrons. The first kappa shape index (κ1) is 29.3. The van der Waals surface area contributed by atoms with Crippen LogP contribution in [0.2, 0.25) is 0 Å². The molecule has 5 amide bonds. The van der Waals surface area contributed by atoms with Crippen molar-refractivity contribution in [1.29, 1.82) is 0 Å². The largest absolute Gasteiger partial charge is 0.481 e. The van der Waals surface area contributed by atoms with E-state index in [2.05, 4.69) is 15.3 Å². The minimum absolute atomic E-state index is 0.117. The van der Waals surface area contributed by atoms with E-state index in [1.165, 1.54) is 24.3 Å². The first-order chi connectivity index (χ1) is 18.0. The molecule has 202 valence electrons. The lowest BCUT2D eigenvalue weighted by atomic mass is 10.0. The van der Waals surface area contributed by atoms with Gasteiger partial charge in [-0.2, -0.15) is 0 Å². The Kier molecular flexibility index (Phi) is 10.3. The van der Waals surface area contributed by atoms with Gasteiger partial charge in [-0.3, -0.25) is 19.2 Å². The van der Waals surface area contributed by atoms with E-state index in [-0.39, 0.29) is 36.3 Å². The minimum Gasteiger partial charge on any atom is -0.481 e. The zero-order valence-electron chi connectivity index (χ0n) is 19.8. The molecule has 0 spiro atoms. The van der Waals surface area contributed by atoms with Gasteiger partial charge >= 0.3 is 23.9 Å². The summed E-state index contributed by atoms with van der Waals surface area (Å²) in [7, 11) is 0. The summed E-state index contributed by atoms with van der Waals surface area (Å²) in [5.74, 6) is -7.36. The van der Waals surface area contributed by atoms with Crippen LogP contribution in [0.4, 0.5) is 10.5 Å². The molecule has 4 N–H and O–H groups in total. The van der Waals surface area contributed by atoms with Crippen LogP contribution in [0.15, 0.2) is 29.4 Å². The van der Waals surface area contributed by atoms with Crippen LogP contribution in [0.1, 0.15) is 48.9 Å². The monoisotopic (exact) mass is 532 g/mol. The summed E-state index contributed by atoms with van der Waals surface area (Å²) >= 11 is 0. The Morgan fingerprint density at radius 1 is 0.921 bits per heavy atom. The quantitative estimate of drug-likeness (QED) is 0.0882. The van der Waals surface area contributed by atoms with Gasteiger partial charge in [0.25, 0.3) is 5.91 Å². The summed E-state index contributed by atoms with van der Waals surface area (Å²) in [6, 6.07) is 0.722. The van der Waals surface area contributed by atoms with E-state index in [0.717, 1.165) is 0 Å². The number of nitrogens with zero attached hydrogens (tertiary/aromatic N) is 5. The van der Waals surface area contributed by atoms with E-state index in [0.29, 0.717) is 10.6 Å². The molecule has 0 bridgehead atoms. The minimum atomic E-state index is -1.90. The number of hydrogen-bond donors (Lipinski definition) is 4. The number of aliphatic carboxylic acids is 3. The second-order valence-electron chi connectivity index (χ2n) is 8.12. The fraction of sp³-hybridized carbons (Fsp3) is 0.409. The number of carbonyl (C=O) groups is 7. The summed E-state index contributed by atoms with van der Waals surface area (Å²) in [5, 5.41) is 33.9. The molecule has 1 fully saturated rings. The molecular weight excluding hydrogens is 508 g/mol. The highest BCUT2D eigenvalue weighted by Crippen LogP contribution is 2.23. The molecular formula is C22H24N6O10. The Labute approximate surface area is 214 Å². The van der Waals surface area contributed by atoms with Gasteiger partial charge in [0, 0.05) is 29.1 Å². The molecule has 38 heavy (non-hydrogen) atoms. The number of carboxylic acid groups (broad SMARTS) is 3. The molecule has 0 aromatic heterocycles. The van der Waals surface area contributed by atoms with Crippen molar-refractivity contribution in [1.82, 2.24) is 15.1 Å². The third-order valence-electron chi connectivity index (χ3n) is 5.56. The molecule has 2 rings (SSSR count). The lowest BCUT2D eigenvalue weighted by Gasteiger charge is -2.38. The van der Waals surface area contributed by atoms with E-state index in [1.807, 2.05) is 0 Å². The molecule has 16 nitrogen and oxygen atoms in total. The number of rotatable bonds is 14. The number of benzene rings is 1. The van der Waals surface area contributed by atoms with Crippen molar-refractivity contribution in [2.45, 2.75) is 50.6 Å². The number of barbiturate groups is 1. The molecule has 1 saturated heterocycles. The van der Waals surface area contributed by atoms with Gasteiger partial charge in [0.05, 0.1) is 0 Å². The second kappa shape index (κ2) is 13.4. The lowest BCUT2D eigenvalue weighted by molar-refractivity contribution is -0.158. The van der Waals surface area contributed by atoms with E-state index in [9.17, 15) is 43.8 Å². The molecule has 1 aromatic carbocycles. The number of carbonyl (C=O) groups excluding carboxylic acids is 4. The molecule has 1 aliphatic rings. The van der Waals surface area contributed by atoms with Gasteiger partial charge in [-0.25, -0.2) is 24.2 Å². The number of azide groups is 1. The summed E-state index contributed by atoms with van der Waals surface area (Å²) in [4.78, 5) is 87.4. The number of imide groups is 2. The van der Waals surface area contributed by atoms with Gasteiger partial charge in [0.2, 0.25) is 11.8 Å². The van der Waals surface area contributed by atoms with Crippen molar-refractivity contribution in [3.05, 3.63) is 40.3 Å². The number of carboxylic acids is 3. The summed E-state index contributed by atoms with van der Waals surface area (Å²) < 4.78 is 0. The predicted octanol–water partition coefficient (Wildman–Crippen LogP) is 1.48. The third kappa shape index (κ3) is 7.51. The maximum Gasteiger partial charge on any atom is 0.335 e. The Balaban J connectivity index is 2.02. The van der Waals surface area contributed by atoms with Gasteiger partial charge < -0.3 is 20.6 Å². The molecule has 16 heteroatoms. The SMILES string of the molecule is [N-]=[N+]=Nc1ccc(C(=O)NCCCC[C@@H](C(=O)O)N2C(=O)CC(=O)N(C(CCC(=O)O)C(=O)O)C2=O)cc1. The fourth-order valence-corrected chi connectivity index (χ4v) is 3.73. The summed E-state index contributed by atoms with van der Waals surface area (Å²) in [6.07, 6.45) is -2.15. The van der Waals surface area contributed by atoms with Crippen LogP contribution < -0.4 is 5.32 Å². The van der Waals surface area contributed by atoms with Crippen LogP contribution in [0.5, 0.6) is 0 Å². The van der Waals surface area contributed by atoms with Crippen LogP contribution in [-0.2, 0) is 24.0 Å². The second-order valence-corrected chi connectivity index (χ2v) is 8.12. The molecule has 1 heterocycles. The van der Waals surface area contributed by atoms with Crippen molar-refractivity contribution >= 4 is 47.3 Å². The topological polar surface area (TPSA) is 247 Å². The molecule has 2 atom stereocenters. The van der Waals surface area contributed by atoms with Crippen molar-refractivity contribution in [2.75, 3.05) is 6.54 Å². The third-order valence-corrected chi connectivity index (χ3v) is 5.56. The van der Waals surface area contributed by atoms with Crippen molar-refractivity contribution in [3.63, 3.8) is 0 Å². The zero-order valence-corrected chi connectivity index (χ0v) is 19.8. The van der Waals surface area contributed by atoms with E-state index in [4.69, 9.17) is 10.6 Å². The number of nitrogens with one attached hydrogen (secondary N) is 1. The van der Waals surface area contributed by atoms with E-state index >= 15 is 0 Å². The van der Waals surface area contributed by atoms with Crippen LogP contribution in [-0.4, -0.2) is 85.4 Å². The summed E-state index contributed by atoms with van der Waals surface area (Å²) in [5.41, 5.74) is 9.01. The highest BCUT2D eigenvalue weighted by Gasteiger charge is 2.48. The Bertz CT molecular complexity index is 1180. The number of unbranched alkanes of at least 4 members (excludes halogenated alkanes) is 1. The Morgan fingerprint density at radius 3 is 1.97 bits per heavy atom. The van der Waals surface area contributed by atoms with Crippen LogP contribution in [0, 0.1) is 0 Å². The molecule has 0 aliphatic carbocycles. The standard InChI is InChI=1S/C22H24N6O10/c23-26-25-13-6-4-12(5-7-13)19(33)24-10-2-1-3-14(20(34)35)27-16(29)11-17(30)28(22(27)38)15(21(36)37)8-9-18(31)32/h4-7,14-15H,1-3,8-11H2,(H,24,33)(H,31,32)(H,34,35)(H,36,37)/t14-,15?/m0/s1. The van der Waals surface area contributed by atoms with Crippen molar-refractivity contribution in [2.24, 2.45) is 5.11 Å². The van der Waals surface area contributed by atoms with Crippen LogP contribution in [0.3, 0.4) is 0 Å². The zero-order chi connectivity index (χ0) is 28.4. The summed E-state index contributed by atoms with van der Waals surface area (Å²) in [6.45, 7) is 0.117. The van der Waals surface area contributed by atoms with Crippen molar-refractivity contribution in [3.8, 4) is 0 Å². The average Bonchev–Trinajstić information content (AvgIpc) is 2.84. The van der Waals surface area contributed by atoms with Crippen LogP contribution >= 0.6 is 0 Å². The maximum absolute atomic E-state index is 12.9. The molecule has 1 aromatic rings. The van der Waals surface area contributed by atoms with Gasteiger partial charge in [0.15, 0.2) is 0 Å². The lowest BCUT2D eigenvalue weighted by Crippen LogP contribution is -2.63. The number of amides is 5. The predicted molar refractivity (Wildman–Crippen MR) is 125 cm³/mol. The molecule has 1 aliphatic heterocycles. The van der Waals surface area contributed by atoms with E-state index < -0.39 is 73.0 Å². The molecule has 1 unspecified atom stereocenters. The number of hydrogen-bond acceptors (Lipinski definition) is 8. The van der Waals surface area contributed by atoms with Gasteiger partial charge in [-0.15, -0.1) is 0 Å². The normalized spacial score (nSPS) is 14.9. The molecule has 0 saturated carbocycles. The van der Waals surface area contributed by atoms with Crippen molar-refractivity contribution < 1.29 is 48.9 Å².